The minimum absolute atomic E-state index is 0.0713. The number of rotatable bonds is 4. The first-order chi connectivity index (χ1) is 9.62. The van der Waals surface area contributed by atoms with Gasteiger partial charge in [0.05, 0.1) is 17.9 Å². The van der Waals surface area contributed by atoms with E-state index in [0.29, 0.717) is 12.1 Å². The summed E-state index contributed by atoms with van der Waals surface area (Å²) in [5, 5.41) is 6.10. The Morgan fingerprint density at radius 3 is 2.81 bits per heavy atom. The number of halogens is 3. The smallest absolute Gasteiger partial charge is 0.372 e. The molecule has 0 radical (unpaired) electrons. The van der Waals surface area contributed by atoms with Gasteiger partial charge in [0.1, 0.15) is 6.10 Å². The molecule has 0 spiro atoms. The van der Waals surface area contributed by atoms with Crippen LogP contribution in [-0.2, 0) is 21.3 Å². The van der Waals surface area contributed by atoms with Gasteiger partial charge in [-0.2, -0.15) is 26.7 Å². The molecule has 1 aliphatic heterocycles. The molecular formula is C11H15F3N2O4S. The zero-order chi connectivity index (χ0) is 15.7. The van der Waals surface area contributed by atoms with Gasteiger partial charge in [0.25, 0.3) is 10.1 Å². The SMILES string of the molecule is O=S(=O)(O)CC1CCOC(c2cc(CC(F)(F)F)[nH]n2)C1. The zero-order valence-electron chi connectivity index (χ0n) is 10.9. The Bertz CT molecular complexity index is 585. The van der Waals surface area contributed by atoms with Gasteiger partial charge in [-0.3, -0.25) is 9.65 Å². The quantitative estimate of drug-likeness (QED) is 0.823. The molecule has 0 saturated carbocycles. The van der Waals surface area contributed by atoms with E-state index in [2.05, 4.69) is 10.2 Å². The lowest BCUT2D eigenvalue weighted by Gasteiger charge is -2.27. The summed E-state index contributed by atoms with van der Waals surface area (Å²) in [5.41, 5.74) is 0.243. The number of nitrogens with zero attached hydrogens (tertiary/aromatic N) is 1. The third-order valence-corrected chi connectivity index (χ3v) is 4.10. The molecule has 1 aromatic heterocycles. The molecule has 6 nitrogen and oxygen atoms in total. The second-order valence-corrected chi connectivity index (χ2v) is 6.61. The van der Waals surface area contributed by atoms with Gasteiger partial charge in [0.2, 0.25) is 0 Å². The van der Waals surface area contributed by atoms with E-state index in [-0.39, 0.29) is 30.4 Å². The molecule has 0 aromatic carbocycles. The van der Waals surface area contributed by atoms with Crippen LogP contribution in [0.15, 0.2) is 6.07 Å². The molecule has 2 heterocycles. The first kappa shape index (κ1) is 16.2. The van der Waals surface area contributed by atoms with Gasteiger partial charge in [0, 0.05) is 12.3 Å². The van der Waals surface area contributed by atoms with Crippen LogP contribution in [-0.4, -0.2) is 41.7 Å². The lowest BCUT2D eigenvalue weighted by Crippen LogP contribution is -2.25. The van der Waals surface area contributed by atoms with Crippen molar-refractivity contribution >= 4 is 10.1 Å². The highest BCUT2D eigenvalue weighted by Crippen LogP contribution is 2.32. The number of hydrogen-bond donors (Lipinski definition) is 2. The van der Waals surface area contributed by atoms with Crippen LogP contribution in [0.25, 0.3) is 0 Å². The van der Waals surface area contributed by atoms with Crippen LogP contribution >= 0.6 is 0 Å². The molecule has 2 rings (SSSR count). The Labute approximate surface area is 119 Å². The lowest BCUT2D eigenvalue weighted by molar-refractivity contribution is -0.127. The molecule has 1 fully saturated rings. The highest BCUT2D eigenvalue weighted by Gasteiger charge is 2.31. The topological polar surface area (TPSA) is 92.3 Å². The highest BCUT2D eigenvalue weighted by molar-refractivity contribution is 7.85. The van der Waals surface area contributed by atoms with Crippen molar-refractivity contribution in [2.24, 2.45) is 5.92 Å². The fraction of sp³-hybridized carbons (Fsp3) is 0.727. The number of ether oxygens (including phenoxy) is 1. The van der Waals surface area contributed by atoms with Gasteiger partial charge < -0.3 is 4.74 Å². The Balaban J connectivity index is 2.01. The standard InChI is InChI=1S/C11H15F3N2O4S/c12-11(13,14)5-8-4-9(16-15-8)10-3-7(1-2-20-10)6-21(17,18)19/h4,7,10H,1-3,5-6H2,(H,15,16)(H,17,18,19). The second-order valence-electron chi connectivity index (χ2n) is 5.11. The van der Waals surface area contributed by atoms with E-state index in [1.165, 1.54) is 6.07 Å². The van der Waals surface area contributed by atoms with E-state index in [9.17, 15) is 21.6 Å². The van der Waals surface area contributed by atoms with E-state index < -0.39 is 28.8 Å². The average Bonchev–Trinajstić information content (AvgIpc) is 2.73. The average molecular weight is 328 g/mol. The zero-order valence-corrected chi connectivity index (χ0v) is 11.7. The molecule has 1 aliphatic rings. The fourth-order valence-electron chi connectivity index (χ4n) is 2.37. The normalized spacial score (nSPS) is 24.2. The van der Waals surface area contributed by atoms with Crippen molar-refractivity contribution in [3.63, 3.8) is 0 Å². The number of aromatic amines is 1. The second kappa shape index (κ2) is 5.93. The van der Waals surface area contributed by atoms with Crippen molar-refractivity contribution in [2.75, 3.05) is 12.4 Å². The number of H-pyrrole nitrogens is 1. The van der Waals surface area contributed by atoms with Crippen molar-refractivity contribution in [3.05, 3.63) is 17.5 Å². The predicted molar refractivity (Wildman–Crippen MR) is 66.2 cm³/mol. The van der Waals surface area contributed by atoms with E-state index in [1.54, 1.807) is 0 Å². The molecule has 1 saturated heterocycles. The van der Waals surface area contributed by atoms with Gasteiger partial charge >= 0.3 is 6.18 Å². The van der Waals surface area contributed by atoms with Crippen LogP contribution in [0.1, 0.15) is 30.3 Å². The summed E-state index contributed by atoms with van der Waals surface area (Å²) >= 11 is 0. The molecule has 0 amide bonds. The maximum Gasteiger partial charge on any atom is 0.394 e. The Morgan fingerprint density at radius 2 is 2.19 bits per heavy atom. The molecule has 0 bridgehead atoms. The summed E-state index contributed by atoms with van der Waals surface area (Å²) < 4.78 is 72.8. The van der Waals surface area contributed by atoms with Crippen molar-refractivity contribution in [2.45, 2.75) is 31.5 Å². The molecule has 2 N–H and O–H groups in total. The summed E-state index contributed by atoms with van der Waals surface area (Å²) in [4.78, 5) is 0. The third-order valence-electron chi connectivity index (χ3n) is 3.21. The molecule has 0 aliphatic carbocycles. The van der Waals surface area contributed by atoms with Gasteiger partial charge in [-0.1, -0.05) is 0 Å². The summed E-state index contributed by atoms with van der Waals surface area (Å²) in [7, 11) is -4.08. The van der Waals surface area contributed by atoms with Crippen molar-refractivity contribution < 1.29 is 30.9 Å². The molecule has 21 heavy (non-hydrogen) atoms. The summed E-state index contributed by atoms with van der Waals surface area (Å²) in [6, 6.07) is 1.27. The lowest BCUT2D eigenvalue weighted by atomic mass is 9.96. The first-order valence-electron chi connectivity index (χ1n) is 6.30. The van der Waals surface area contributed by atoms with Gasteiger partial charge in [-0.25, -0.2) is 0 Å². The monoisotopic (exact) mass is 328 g/mol. The molecular weight excluding hydrogens is 313 g/mol. The number of nitrogens with one attached hydrogen (secondary N) is 1. The fourth-order valence-corrected chi connectivity index (χ4v) is 3.27. The highest BCUT2D eigenvalue weighted by atomic mass is 32.2. The Kier molecular flexibility index (Phi) is 4.59. The molecule has 2 unspecified atom stereocenters. The van der Waals surface area contributed by atoms with Crippen LogP contribution < -0.4 is 0 Å². The van der Waals surface area contributed by atoms with Crippen LogP contribution in [0.4, 0.5) is 13.2 Å². The predicted octanol–water partition coefficient (Wildman–Crippen LogP) is 1.87. The minimum atomic E-state index is -4.33. The maximum atomic E-state index is 12.3. The van der Waals surface area contributed by atoms with Crippen molar-refractivity contribution in [3.8, 4) is 0 Å². The van der Waals surface area contributed by atoms with Crippen molar-refractivity contribution in [1.82, 2.24) is 10.2 Å². The number of hydrogen-bond acceptors (Lipinski definition) is 4. The Hall–Kier alpha value is -1.13. The van der Waals surface area contributed by atoms with Crippen LogP contribution in [0.2, 0.25) is 0 Å². The maximum absolute atomic E-state index is 12.3. The minimum Gasteiger partial charge on any atom is -0.372 e. The number of alkyl halides is 3. The van der Waals surface area contributed by atoms with Crippen LogP contribution in [0, 0.1) is 5.92 Å². The van der Waals surface area contributed by atoms with Gasteiger partial charge in [-0.15, -0.1) is 0 Å². The van der Waals surface area contributed by atoms with Gasteiger partial charge in [0.15, 0.2) is 0 Å². The van der Waals surface area contributed by atoms with Gasteiger partial charge in [-0.05, 0) is 24.8 Å². The largest absolute Gasteiger partial charge is 0.394 e. The molecule has 10 heteroatoms. The van der Waals surface area contributed by atoms with E-state index in [0.717, 1.165) is 0 Å². The molecule has 2 atom stereocenters. The van der Waals surface area contributed by atoms with Crippen molar-refractivity contribution in [1.29, 1.82) is 0 Å². The molecule has 1 aromatic rings. The van der Waals surface area contributed by atoms with Crippen LogP contribution in [0.5, 0.6) is 0 Å². The summed E-state index contributed by atoms with van der Waals surface area (Å²) in [6.45, 7) is 0.270. The van der Waals surface area contributed by atoms with Crippen LogP contribution in [0.3, 0.4) is 0 Å². The molecule has 120 valence electrons. The third kappa shape index (κ3) is 5.29. The number of aromatic nitrogens is 2. The summed E-state index contributed by atoms with van der Waals surface area (Å²) in [5.74, 6) is -0.686. The summed E-state index contributed by atoms with van der Waals surface area (Å²) in [6.07, 6.45) is -5.25. The van der Waals surface area contributed by atoms with E-state index >= 15 is 0 Å². The van der Waals surface area contributed by atoms with E-state index in [4.69, 9.17) is 9.29 Å². The van der Waals surface area contributed by atoms with E-state index in [1.807, 2.05) is 0 Å². The first-order valence-corrected chi connectivity index (χ1v) is 7.91. The Morgan fingerprint density at radius 1 is 1.48 bits per heavy atom.